The zero-order valence-electron chi connectivity index (χ0n) is 7.24. The van der Waals surface area contributed by atoms with Gasteiger partial charge in [0.2, 0.25) is 0 Å². The predicted octanol–water partition coefficient (Wildman–Crippen LogP) is 1.47. The van der Waals surface area contributed by atoms with Gasteiger partial charge in [-0.2, -0.15) is 5.10 Å². The molecule has 0 aromatic carbocycles. The number of nitrogens with two attached hydrogens (primary N) is 1. The standard InChI is InChI=1S/C8H12ClN3O/c9-7-4-11-12(8(7)10)6-2-1-3-13-5-6/h4,6H,1-3,5,10H2. The van der Waals surface area contributed by atoms with Crippen LogP contribution < -0.4 is 5.73 Å². The van der Waals surface area contributed by atoms with Gasteiger partial charge in [-0.25, -0.2) is 4.68 Å². The molecule has 1 saturated heterocycles. The number of nitrogens with zero attached hydrogens (tertiary/aromatic N) is 2. The number of nitrogen functional groups attached to an aromatic ring is 1. The summed E-state index contributed by atoms with van der Waals surface area (Å²) in [5.41, 5.74) is 5.75. The Bertz CT molecular complexity index is 294. The van der Waals surface area contributed by atoms with Gasteiger partial charge >= 0.3 is 0 Å². The van der Waals surface area contributed by atoms with Crippen molar-refractivity contribution in [1.29, 1.82) is 0 Å². The van der Waals surface area contributed by atoms with Crippen molar-refractivity contribution in [2.75, 3.05) is 18.9 Å². The van der Waals surface area contributed by atoms with Crippen molar-refractivity contribution in [1.82, 2.24) is 9.78 Å². The molecule has 2 heterocycles. The Morgan fingerprint density at radius 2 is 2.54 bits per heavy atom. The maximum absolute atomic E-state index is 5.80. The number of anilines is 1. The molecule has 0 radical (unpaired) electrons. The predicted molar refractivity (Wildman–Crippen MR) is 50.7 cm³/mol. The lowest BCUT2D eigenvalue weighted by atomic mass is 10.1. The minimum absolute atomic E-state index is 0.251. The van der Waals surface area contributed by atoms with E-state index in [1.807, 2.05) is 0 Å². The summed E-state index contributed by atoms with van der Waals surface area (Å²) in [5, 5.41) is 4.64. The lowest BCUT2D eigenvalue weighted by molar-refractivity contribution is 0.0557. The fourth-order valence-electron chi connectivity index (χ4n) is 1.56. The highest BCUT2D eigenvalue weighted by atomic mass is 35.5. The van der Waals surface area contributed by atoms with Gasteiger partial charge in [0.1, 0.15) is 10.8 Å². The van der Waals surface area contributed by atoms with Crippen LogP contribution in [0.2, 0.25) is 5.02 Å². The van der Waals surface area contributed by atoms with E-state index in [2.05, 4.69) is 5.10 Å². The quantitative estimate of drug-likeness (QED) is 0.749. The first-order chi connectivity index (χ1) is 6.29. The normalized spacial score (nSPS) is 23.3. The zero-order valence-corrected chi connectivity index (χ0v) is 8.00. The number of rotatable bonds is 1. The number of ether oxygens (including phenoxy) is 1. The minimum Gasteiger partial charge on any atom is -0.383 e. The third-order valence-electron chi connectivity index (χ3n) is 2.27. The van der Waals surface area contributed by atoms with E-state index < -0.39 is 0 Å². The summed E-state index contributed by atoms with van der Waals surface area (Å²) in [5.74, 6) is 0.539. The van der Waals surface area contributed by atoms with Crippen molar-refractivity contribution in [3.05, 3.63) is 11.2 Å². The SMILES string of the molecule is Nc1c(Cl)cnn1C1CCCOC1. The molecule has 1 aromatic heterocycles. The second kappa shape index (κ2) is 3.55. The smallest absolute Gasteiger partial charge is 0.141 e. The molecule has 2 N–H and O–H groups in total. The van der Waals surface area contributed by atoms with E-state index >= 15 is 0 Å². The Morgan fingerprint density at radius 3 is 3.08 bits per heavy atom. The monoisotopic (exact) mass is 201 g/mol. The fraction of sp³-hybridized carbons (Fsp3) is 0.625. The van der Waals surface area contributed by atoms with Crippen molar-refractivity contribution in [2.24, 2.45) is 0 Å². The van der Waals surface area contributed by atoms with E-state index in [0.29, 0.717) is 17.4 Å². The van der Waals surface area contributed by atoms with Crippen LogP contribution in [0.1, 0.15) is 18.9 Å². The van der Waals surface area contributed by atoms with Crippen LogP contribution >= 0.6 is 11.6 Å². The Hall–Kier alpha value is -0.740. The van der Waals surface area contributed by atoms with Crippen molar-refractivity contribution < 1.29 is 4.74 Å². The van der Waals surface area contributed by atoms with E-state index in [4.69, 9.17) is 22.1 Å². The summed E-state index contributed by atoms with van der Waals surface area (Å²) < 4.78 is 7.09. The highest BCUT2D eigenvalue weighted by molar-refractivity contribution is 6.32. The summed E-state index contributed by atoms with van der Waals surface area (Å²) in [6.07, 6.45) is 3.69. The average molecular weight is 202 g/mol. The molecule has 13 heavy (non-hydrogen) atoms. The van der Waals surface area contributed by atoms with Gasteiger partial charge in [0.15, 0.2) is 0 Å². The maximum atomic E-state index is 5.80. The Labute approximate surface area is 81.6 Å². The topological polar surface area (TPSA) is 53.1 Å². The molecular weight excluding hydrogens is 190 g/mol. The van der Waals surface area contributed by atoms with E-state index in [1.165, 1.54) is 0 Å². The fourth-order valence-corrected chi connectivity index (χ4v) is 1.69. The van der Waals surface area contributed by atoms with Gasteiger partial charge in [0.25, 0.3) is 0 Å². The van der Waals surface area contributed by atoms with Gasteiger partial charge < -0.3 is 10.5 Å². The Kier molecular flexibility index (Phi) is 2.42. The Balaban J connectivity index is 2.18. The molecule has 0 saturated carbocycles. The first kappa shape index (κ1) is 8.84. The minimum atomic E-state index is 0.251. The van der Waals surface area contributed by atoms with Crippen LogP contribution in [-0.2, 0) is 4.74 Å². The molecule has 0 amide bonds. The first-order valence-corrected chi connectivity index (χ1v) is 4.73. The first-order valence-electron chi connectivity index (χ1n) is 4.35. The summed E-state index contributed by atoms with van der Waals surface area (Å²) in [6.45, 7) is 1.52. The van der Waals surface area contributed by atoms with Crippen LogP contribution in [0.15, 0.2) is 6.20 Å². The number of hydrogen-bond donors (Lipinski definition) is 1. The molecular formula is C8H12ClN3O. The molecule has 1 atom stereocenters. The van der Waals surface area contributed by atoms with E-state index in [9.17, 15) is 0 Å². The highest BCUT2D eigenvalue weighted by Gasteiger charge is 2.19. The molecule has 2 rings (SSSR count). The molecule has 72 valence electrons. The molecule has 1 aliphatic rings. The Morgan fingerprint density at radius 1 is 1.69 bits per heavy atom. The zero-order chi connectivity index (χ0) is 9.26. The van der Waals surface area contributed by atoms with E-state index in [1.54, 1.807) is 10.9 Å². The summed E-state index contributed by atoms with van der Waals surface area (Å²) in [7, 11) is 0. The lowest BCUT2D eigenvalue weighted by Crippen LogP contribution is -2.23. The van der Waals surface area contributed by atoms with Gasteiger partial charge in [0, 0.05) is 6.61 Å². The molecule has 1 unspecified atom stereocenters. The molecule has 5 heteroatoms. The third-order valence-corrected chi connectivity index (χ3v) is 2.56. The van der Waals surface area contributed by atoms with Crippen molar-refractivity contribution in [3.63, 3.8) is 0 Å². The number of aromatic nitrogens is 2. The van der Waals surface area contributed by atoms with Crippen LogP contribution in [0.5, 0.6) is 0 Å². The van der Waals surface area contributed by atoms with Crippen molar-refractivity contribution in [3.8, 4) is 0 Å². The molecule has 0 bridgehead atoms. The van der Waals surface area contributed by atoms with Gasteiger partial charge in [-0.3, -0.25) is 0 Å². The van der Waals surface area contributed by atoms with Gasteiger partial charge in [-0.15, -0.1) is 0 Å². The van der Waals surface area contributed by atoms with Gasteiger partial charge in [-0.1, -0.05) is 11.6 Å². The molecule has 4 nitrogen and oxygen atoms in total. The second-order valence-electron chi connectivity index (χ2n) is 3.19. The molecule has 0 aliphatic carbocycles. The van der Waals surface area contributed by atoms with Gasteiger partial charge in [-0.05, 0) is 12.8 Å². The van der Waals surface area contributed by atoms with Crippen LogP contribution in [-0.4, -0.2) is 23.0 Å². The number of halogens is 1. The lowest BCUT2D eigenvalue weighted by Gasteiger charge is -2.23. The van der Waals surface area contributed by atoms with E-state index in [0.717, 1.165) is 19.4 Å². The second-order valence-corrected chi connectivity index (χ2v) is 3.60. The van der Waals surface area contributed by atoms with Crippen molar-refractivity contribution in [2.45, 2.75) is 18.9 Å². The van der Waals surface area contributed by atoms with Crippen LogP contribution in [0.25, 0.3) is 0 Å². The summed E-state index contributed by atoms with van der Waals surface area (Å²) in [4.78, 5) is 0. The molecule has 1 fully saturated rings. The largest absolute Gasteiger partial charge is 0.383 e. The number of hydrogen-bond acceptors (Lipinski definition) is 3. The van der Waals surface area contributed by atoms with Crippen LogP contribution in [0, 0.1) is 0 Å². The summed E-state index contributed by atoms with van der Waals surface area (Å²) in [6, 6.07) is 0.251. The maximum Gasteiger partial charge on any atom is 0.141 e. The summed E-state index contributed by atoms with van der Waals surface area (Å²) >= 11 is 5.80. The van der Waals surface area contributed by atoms with Crippen LogP contribution in [0.4, 0.5) is 5.82 Å². The molecule has 0 spiro atoms. The van der Waals surface area contributed by atoms with Crippen molar-refractivity contribution >= 4 is 17.4 Å². The average Bonchev–Trinajstić information content (AvgIpc) is 2.49. The molecule has 1 aliphatic heterocycles. The molecule has 1 aromatic rings. The van der Waals surface area contributed by atoms with Crippen LogP contribution in [0.3, 0.4) is 0 Å². The van der Waals surface area contributed by atoms with E-state index in [-0.39, 0.29) is 6.04 Å². The highest BCUT2D eigenvalue weighted by Crippen LogP contribution is 2.25. The van der Waals surface area contributed by atoms with Gasteiger partial charge in [0.05, 0.1) is 18.8 Å². The third kappa shape index (κ3) is 1.64.